The second kappa shape index (κ2) is 3.75. The van der Waals surface area contributed by atoms with Crippen molar-refractivity contribution in [3.8, 4) is 11.5 Å². The van der Waals surface area contributed by atoms with Gasteiger partial charge in [0.2, 0.25) is 11.8 Å². The van der Waals surface area contributed by atoms with Crippen molar-refractivity contribution >= 4 is 11.6 Å². The second-order valence-corrected chi connectivity index (χ2v) is 3.46. The van der Waals surface area contributed by atoms with Crippen molar-refractivity contribution in [3.63, 3.8) is 0 Å². The van der Waals surface area contributed by atoms with E-state index in [2.05, 4.69) is 15.2 Å². The first-order valence-corrected chi connectivity index (χ1v) is 4.59. The predicted octanol–water partition coefficient (Wildman–Crippen LogP) is 2.43. The molecule has 2 aromatic rings. The molecule has 0 aliphatic rings. The van der Waals surface area contributed by atoms with Gasteiger partial charge in [-0.3, -0.25) is 4.98 Å². The van der Waals surface area contributed by atoms with Crippen molar-refractivity contribution < 1.29 is 4.42 Å². The summed E-state index contributed by atoms with van der Waals surface area (Å²) in [5.74, 6) is 0.867. The SMILES string of the molecule is CC(Cl)c1nnc(-c2cccnc2)o1. The van der Waals surface area contributed by atoms with Gasteiger partial charge < -0.3 is 4.42 Å². The van der Waals surface area contributed by atoms with E-state index in [1.54, 1.807) is 19.3 Å². The van der Waals surface area contributed by atoms with Gasteiger partial charge in [-0.1, -0.05) is 0 Å². The molecule has 0 aromatic carbocycles. The minimum Gasteiger partial charge on any atom is -0.419 e. The maximum Gasteiger partial charge on any atom is 0.249 e. The summed E-state index contributed by atoms with van der Waals surface area (Å²) in [6, 6.07) is 3.66. The van der Waals surface area contributed by atoms with E-state index in [1.807, 2.05) is 12.1 Å². The Bertz CT molecular complexity index is 413. The molecule has 0 spiro atoms. The van der Waals surface area contributed by atoms with Crippen LogP contribution in [0.15, 0.2) is 28.9 Å². The third-order valence-corrected chi connectivity index (χ3v) is 1.88. The Morgan fingerprint density at radius 1 is 1.43 bits per heavy atom. The minimum absolute atomic E-state index is 0.270. The van der Waals surface area contributed by atoms with Crippen LogP contribution in [-0.2, 0) is 0 Å². The Balaban J connectivity index is 2.34. The van der Waals surface area contributed by atoms with E-state index >= 15 is 0 Å². The molecule has 0 fully saturated rings. The van der Waals surface area contributed by atoms with Crippen LogP contribution in [0.2, 0.25) is 0 Å². The average molecular weight is 210 g/mol. The third-order valence-electron chi connectivity index (χ3n) is 1.69. The Labute approximate surface area is 85.9 Å². The van der Waals surface area contributed by atoms with Gasteiger partial charge in [0.1, 0.15) is 5.38 Å². The molecule has 2 aromatic heterocycles. The van der Waals surface area contributed by atoms with E-state index in [1.165, 1.54) is 0 Å². The number of halogens is 1. The molecule has 0 saturated carbocycles. The molecule has 0 saturated heterocycles. The van der Waals surface area contributed by atoms with Crippen LogP contribution in [0.25, 0.3) is 11.5 Å². The van der Waals surface area contributed by atoms with E-state index < -0.39 is 0 Å². The predicted molar refractivity (Wildman–Crippen MR) is 51.8 cm³/mol. The van der Waals surface area contributed by atoms with E-state index in [-0.39, 0.29) is 5.38 Å². The van der Waals surface area contributed by atoms with Gasteiger partial charge in [0.25, 0.3) is 0 Å². The molecule has 0 bridgehead atoms. The van der Waals surface area contributed by atoms with E-state index in [4.69, 9.17) is 16.0 Å². The number of hydrogen-bond acceptors (Lipinski definition) is 4. The van der Waals surface area contributed by atoms with E-state index in [0.717, 1.165) is 5.56 Å². The summed E-state index contributed by atoms with van der Waals surface area (Å²) in [6.07, 6.45) is 3.35. The van der Waals surface area contributed by atoms with Crippen LogP contribution in [0.4, 0.5) is 0 Å². The molecule has 2 heterocycles. The number of hydrogen-bond donors (Lipinski definition) is 0. The van der Waals surface area contributed by atoms with Gasteiger partial charge in [-0.25, -0.2) is 0 Å². The highest BCUT2D eigenvalue weighted by Gasteiger charge is 2.11. The van der Waals surface area contributed by atoms with E-state index in [9.17, 15) is 0 Å². The van der Waals surface area contributed by atoms with Gasteiger partial charge >= 0.3 is 0 Å². The van der Waals surface area contributed by atoms with E-state index in [0.29, 0.717) is 11.8 Å². The lowest BCUT2D eigenvalue weighted by Gasteiger charge is -1.93. The number of alkyl halides is 1. The zero-order valence-corrected chi connectivity index (χ0v) is 8.27. The molecular formula is C9H8ClN3O. The molecule has 1 unspecified atom stereocenters. The Kier molecular flexibility index (Phi) is 2.45. The van der Waals surface area contributed by atoms with Crippen molar-refractivity contribution in [1.29, 1.82) is 0 Å². The maximum atomic E-state index is 5.79. The van der Waals surface area contributed by atoms with Crippen molar-refractivity contribution in [2.45, 2.75) is 12.3 Å². The molecule has 14 heavy (non-hydrogen) atoms. The second-order valence-electron chi connectivity index (χ2n) is 2.80. The standard InChI is InChI=1S/C9H8ClN3O/c1-6(10)8-12-13-9(14-8)7-3-2-4-11-5-7/h2-6H,1H3. The fourth-order valence-corrected chi connectivity index (χ4v) is 1.09. The molecule has 0 amide bonds. The van der Waals surface area contributed by atoms with Crippen LogP contribution < -0.4 is 0 Å². The first-order valence-electron chi connectivity index (χ1n) is 4.15. The summed E-state index contributed by atoms with van der Waals surface area (Å²) < 4.78 is 5.34. The van der Waals surface area contributed by atoms with Gasteiger partial charge in [0.05, 0.1) is 5.56 Å². The summed E-state index contributed by atoms with van der Waals surface area (Å²) in [5, 5.41) is 7.41. The zero-order valence-electron chi connectivity index (χ0n) is 7.51. The van der Waals surface area contributed by atoms with Crippen LogP contribution in [0.5, 0.6) is 0 Å². The minimum atomic E-state index is -0.270. The smallest absolute Gasteiger partial charge is 0.249 e. The Hall–Kier alpha value is -1.42. The zero-order chi connectivity index (χ0) is 9.97. The van der Waals surface area contributed by atoms with Crippen LogP contribution >= 0.6 is 11.6 Å². The lowest BCUT2D eigenvalue weighted by Crippen LogP contribution is -1.81. The topological polar surface area (TPSA) is 51.8 Å². The largest absolute Gasteiger partial charge is 0.419 e. The molecule has 0 radical (unpaired) electrons. The summed E-state index contributed by atoms with van der Waals surface area (Å²) in [6.45, 7) is 1.78. The normalized spacial score (nSPS) is 12.7. The summed E-state index contributed by atoms with van der Waals surface area (Å²) in [4.78, 5) is 3.95. The molecule has 2 rings (SSSR count). The van der Waals surface area contributed by atoms with Gasteiger partial charge in [0, 0.05) is 12.4 Å². The lowest BCUT2D eigenvalue weighted by molar-refractivity contribution is 0.507. The number of nitrogens with zero attached hydrogens (tertiary/aromatic N) is 3. The Morgan fingerprint density at radius 2 is 2.29 bits per heavy atom. The van der Waals surface area contributed by atoms with Gasteiger partial charge in [-0.15, -0.1) is 21.8 Å². The first kappa shape index (κ1) is 9.15. The van der Waals surface area contributed by atoms with Gasteiger partial charge in [-0.05, 0) is 19.1 Å². The molecule has 0 N–H and O–H groups in total. The molecule has 4 nitrogen and oxygen atoms in total. The highest BCUT2D eigenvalue weighted by Crippen LogP contribution is 2.22. The number of rotatable bonds is 2. The fourth-order valence-electron chi connectivity index (χ4n) is 1.00. The highest BCUT2D eigenvalue weighted by molar-refractivity contribution is 6.20. The van der Waals surface area contributed by atoms with Crippen LogP contribution in [-0.4, -0.2) is 15.2 Å². The first-order chi connectivity index (χ1) is 6.77. The van der Waals surface area contributed by atoms with Gasteiger partial charge in [0.15, 0.2) is 0 Å². The monoisotopic (exact) mass is 209 g/mol. The summed E-state index contributed by atoms with van der Waals surface area (Å²) in [5.41, 5.74) is 0.795. The van der Waals surface area contributed by atoms with Crippen LogP contribution in [0, 0.1) is 0 Å². The number of pyridine rings is 1. The molecule has 0 aliphatic heterocycles. The van der Waals surface area contributed by atoms with Gasteiger partial charge in [-0.2, -0.15) is 0 Å². The lowest BCUT2D eigenvalue weighted by atomic mass is 10.3. The van der Waals surface area contributed by atoms with Crippen molar-refractivity contribution in [2.75, 3.05) is 0 Å². The molecule has 5 heteroatoms. The molecular weight excluding hydrogens is 202 g/mol. The van der Waals surface area contributed by atoms with Crippen molar-refractivity contribution in [3.05, 3.63) is 30.4 Å². The summed E-state index contributed by atoms with van der Waals surface area (Å²) in [7, 11) is 0. The van der Waals surface area contributed by atoms with Crippen LogP contribution in [0.3, 0.4) is 0 Å². The average Bonchev–Trinajstić information content (AvgIpc) is 2.68. The molecule has 1 atom stereocenters. The maximum absolute atomic E-state index is 5.79. The van der Waals surface area contributed by atoms with Crippen molar-refractivity contribution in [2.24, 2.45) is 0 Å². The van der Waals surface area contributed by atoms with Crippen molar-refractivity contribution in [1.82, 2.24) is 15.2 Å². The molecule has 72 valence electrons. The summed E-state index contributed by atoms with van der Waals surface area (Å²) >= 11 is 5.79. The molecule has 0 aliphatic carbocycles. The van der Waals surface area contributed by atoms with Crippen LogP contribution in [0.1, 0.15) is 18.2 Å². The highest BCUT2D eigenvalue weighted by atomic mass is 35.5. The third kappa shape index (κ3) is 1.75. The Morgan fingerprint density at radius 3 is 2.86 bits per heavy atom. The quantitative estimate of drug-likeness (QED) is 0.713. The fraction of sp³-hybridized carbons (Fsp3) is 0.222. The number of aromatic nitrogens is 3.